The van der Waals surface area contributed by atoms with Crippen LogP contribution < -0.4 is 0 Å². The summed E-state index contributed by atoms with van der Waals surface area (Å²) in [5.41, 5.74) is 8.44. The van der Waals surface area contributed by atoms with Crippen LogP contribution in [0.1, 0.15) is 19.4 Å². The van der Waals surface area contributed by atoms with E-state index in [2.05, 4.69) is 105 Å². The highest BCUT2D eigenvalue weighted by atomic mass is 15.3. The number of imidazole rings is 2. The second-order valence-electron chi connectivity index (χ2n) is 8.13. The third-order valence-corrected chi connectivity index (χ3v) is 6.11. The molecule has 5 heteroatoms. The highest BCUT2D eigenvalue weighted by molar-refractivity contribution is 5.92. The normalized spacial score (nSPS) is 11.4. The van der Waals surface area contributed by atoms with Gasteiger partial charge in [0.05, 0.1) is 38.8 Å². The highest BCUT2D eigenvalue weighted by Crippen LogP contribution is 2.29. The molecule has 5 nitrogen and oxygen atoms in total. The molecule has 0 bridgehead atoms. The molecule has 0 atom stereocenters. The summed E-state index contributed by atoms with van der Waals surface area (Å²) in [5.74, 6) is 1.66. The molecule has 0 spiro atoms. The van der Waals surface area contributed by atoms with Gasteiger partial charge in [-0.15, -0.1) is 0 Å². The molecule has 0 amide bonds. The maximum absolute atomic E-state index is 5.10. The molecule has 3 aromatic heterocycles. The van der Waals surface area contributed by atoms with Crippen molar-refractivity contribution in [3.63, 3.8) is 0 Å². The Kier molecular flexibility index (Phi) is 4.69. The average molecular weight is 444 g/mol. The minimum absolute atomic E-state index is 0.832. The average Bonchev–Trinajstić information content (AvgIpc) is 3.41. The standard InChI is InChI=1S/C27H19N5.C2H6/c1-18-9-8-10-19(17-18)30-26-28-20-11-2-4-13-22(20)31(26)24-15-6-7-16-25(24)32-23-14-5-3-12-21(23)29-27(30)32;1-2/h2-17H,1H3;1-2H3. The van der Waals surface area contributed by atoms with Gasteiger partial charge in [-0.25, -0.2) is 14.5 Å². The Morgan fingerprint density at radius 1 is 0.529 bits per heavy atom. The Morgan fingerprint density at radius 3 is 1.50 bits per heavy atom. The lowest BCUT2D eigenvalue weighted by Gasteiger charge is -2.07. The van der Waals surface area contributed by atoms with E-state index in [9.17, 15) is 0 Å². The van der Waals surface area contributed by atoms with Gasteiger partial charge in [0, 0.05) is 0 Å². The Labute approximate surface area is 197 Å². The smallest absolute Gasteiger partial charge is 0.223 e. The monoisotopic (exact) mass is 443 g/mol. The number of aryl methyl sites for hydroxylation is 1. The van der Waals surface area contributed by atoms with Crippen molar-refractivity contribution in [2.45, 2.75) is 20.8 Å². The fourth-order valence-corrected chi connectivity index (χ4v) is 4.73. The van der Waals surface area contributed by atoms with Gasteiger partial charge in [-0.1, -0.05) is 62.4 Å². The molecule has 0 aliphatic heterocycles. The molecule has 4 aromatic carbocycles. The van der Waals surface area contributed by atoms with E-state index in [0.717, 1.165) is 50.3 Å². The number of para-hydroxylation sites is 6. The number of nitrogens with zero attached hydrogens (tertiary/aromatic N) is 5. The molecule has 0 fully saturated rings. The van der Waals surface area contributed by atoms with Crippen LogP contribution in [0.25, 0.3) is 50.3 Å². The second kappa shape index (κ2) is 7.89. The molecule has 0 radical (unpaired) electrons. The summed E-state index contributed by atoms with van der Waals surface area (Å²) in [6, 6.07) is 33.6. The van der Waals surface area contributed by atoms with Crippen molar-refractivity contribution in [1.29, 1.82) is 0 Å². The number of fused-ring (bicyclic) bond motifs is 9. The van der Waals surface area contributed by atoms with Crippen molar-refractivity contribution in [1.82, 2.24) is 23.3 Å². The van der Waals surface area contributed by atoms with Gasteiger partial charge >= 0.3 is 0 Å². The predicted octanol–water partition coefficient (Wildman–Crippen LogP) is 7.13. The zero-order valence-corrected chi connectivity index (χ0v) is 19.5. The van der Waals surface area contributed by atoms with Crippen LogP contribution in [0.5, 0.6) is 0 Å². The maximum Gasteiger partial charge on any atom is 0.223 e. The van der Waals surface area contributed by atoms with Crippen LogP contribution in [0, 0.1) is 6.92 Å². The molecule has 7 rings (SSSR count). The molecular weight excluding hydrogens is 418 g/mol. The van der Waals surface area contributed by atoms with Gasteiger partial charge in [0.1, 0.15) is 0 Å². The van der Waals surface area contributed by atoms with Crippen LogP contribution in [0.2, 0.25) is 0 Å². The first-order valence-electron chi connectivity index (χ1n) is 11.7. The van der Waals surface area contributed by atoms with E-state index in [1.165, 1.54) is 5.56 Å². The molecule has 0 N–H and O–H groups in total. The number of benzene rings is 4. The Hall–Kier alpha value is -4.38. The highest BCUT2D eigenvalue weighted by Gasteiger charge is 2.18. The topological polar surface area (TPSA) is 39.5 Å². The van der Waals surface area contributed by atoms with Crippen LogP contribution in [0.3, 0.4) is 0 Å². The van der Waals surface area contributed by atoms with E-state index in [-0.39, 0.29) is 0 Å². The third-order valence-electron chi connectivity index (χ3n) is 6.11. The Morgan fingerprint density at radius 2 is 1.00 bits per heavy atom. The fraction of sp³-hybridized carbons (Fsp3) is 0.103. The van der Waals surface area contributed by atoms with E-state index in [0.29, 0.717) is 0 Å². The van der Waals surface area contributed by atoms with Crippen molar-refractivity contribution in [3.8, 4) is 5.69 Å². The van der Waals surface area contributed by atoms with Crippen LogP contribution in [-0.2, 0) is 0 Å². The van der Waals surface area contributed by atoms with Crippen LogP contribution in [0.15, 0.2) is 97.1 Å². The number of rotatable bonds is 1. The number of hydrogen-bond donors (Lipinski definition) is 0. The van der Waals surface area contributed by atoms with Crippen LogP contribution in [-0.4, -0.2) is 23.3 Å². The van der Waals surface area contributed by atoms with Crippen molar-refractivity contribution in [3.05, 3.63) is 103 Å². The summed E-state index contributed by atoms with van der Waals surface area (Å²) in [6.07, 6.45) is 0. The summed E-state index contributed by atoms with van der Waals surface area (Å²) < 4.78 is 6.67. The first-order valence-corrected chi connectivity index (χ1v) is 11.7. The molecule has 0 aliphatic carbocycles. The van der Waals surface area contributed by atoms with Gasteiger partial charge in [0.15, 0.2) is 0 Å². The molecule has 0 unspecified atom stereocenters. The fourth-order valence-electron chi connectivity index (χ4n) is 4.73. The lowest BCUT2D eigenvalue weighted by atomic mass is 10.2. The molecule has 0 saturated carbocycles. The molecular formula is C29H25N5. The Balaban J connectivity index is 0.00000106. The molecule has 3 heterocycles. The molecule has 166 valence electrons. The summed E-state index contributed by atoms with van der Waals surface area (Å²) in [5, 5.41) is 0. The van der Waals surface area contributed by atoms with E-state index in [1.807, 2.05) is 26.0 Å². The van der Waals surface area contributed by atoms with Crippen molar-refractivity contribution in [2.24, 2.45) is 0 Å². The largest absolute Gasteiger partial charge is 0.276 e. The molecule has 7 aromatic rings. The molecule has 0 saturated heterocycles. The summed E-state index contributed by atoms with van der Waals surface area (Å²) in [7, 11) is 0. The van der Waals surface area contributed by atoms with Gasteiger partial charge in [0.25, 0.3) is 0 Å². The van der Waals surface area contributed by atoms with E-state index in [4.69, 9.17) is 9.97 Å². The van der Waals surface area contributed by atoms with Crippen molar-refractivity contribution in [2.75, 3.05) is 0 Å². The summed E-state index contributed by atoms with van der Waals surface area (Å²) in [6.45, 7) is 6.11. The zero-order valence-electron chi connectivity index (χ0n) is 19.5. The maximum atomic E-state index is 5.10. The minimum Gasteiger partial charge on any atom is -0.276 e. The summed E-state index contributed by atoms with van der Waals surface area (Å²) in [4.78, 5) is 10.2. The van der Waals surface area contributed by atoms with Crippen molar-refractivity contribution >= 4 is 44.7 Å². The first-order chi connectivity index (χ1) is 16.8. The number of aromatic nitrogens is 5. The summed E-state index contributed by atoms with van der Waals surface area (Å²) >= 11 is 0. The third kappa shape index (κ3) is 2.87. The van der Waals surface area contributed by atoms with Crippen LogP contribution in [0.4, 0.5) is 0 Å². The lowest BCUT2D eigenvalue weighted by molar-refractivity contribution is 1.02. The van der Waals surface area contributed by atoms with Gasteiger partial charge < -0.3 is 0 Å². The quantitative estimate of drug-likeness (QED) is 0.271. The number of hydrogen-bond acceptors (Lipinski definition) is 2. The van der Waals surface area contributed by atoms with Gasteiger partial charge in [-0.05, 0) is 61.0 Å². The SMILES string of the molecule is CC.Cc1cccc(-n2c3nc4ccccc4n3c3ccccc3n3c4ccccc4nc23)c1. The van der Waals surface area contributed by atoms with E-state index >= 15 is 0 Å². The molecule has 0 aliphatic rings. The lowest BCUT2D eigenvalue weighted by Crippen LogP contribution is -2.02. The predicted molar refractivity (Wildman–Crippen MR) is 141 cm³/mol. The molecule has 34 heavy (non-hydrogen) atoms. The Bertz CT molecular complexity index is 1740. The van der Waals surface area contributed by atoms with E-state index in [1.54, 1.807) is 0 Å². The van der Waals surface area contributed by atoms with Crippen molar-refractivity contribution < 1.29 is 0 Å². The first kappa shape index (κ1) is 20.2. The van der Waals surface area contributed by atoms with Gasteiger partial charge in [-0.3, -0.25) is 8.80 Å². The zero-order chi connectivity index (χ0) is 23.2. The second-order valence-corrected chi connectivity index (χ2v) is 8.13. The van der Waals surface area contributed by atoms with Gasteiger partial charge in [0.2, 0.25) is 11.6 Å². The van der Waals surface area contributed by atoms with Crippen LogP contribution >= 0.6 is 0 Å². The van der Waals surface area contributed by atoms with Gasteiger partial charge in [-0.2, -0.15) is 0 Å². The van der Waals surface area contributed by atoms with E-state index < -0.39 is 0 Å². The minimum atomic E-state index is 0.832.